The molecule has 0 aromatic rings. The molecule has 3 atom stereocenters. The lowest BCUT2D eigenvalue weighted by atomic mass is 9.88. The second-order valence-corrected chi connectivity index (χ2v) is 3.96. The lowest BCUT2D eigenvalue weighted by molar-refractivity contribution is -0.490. The second-order valence-electron chi connectivity index (χ2n) is 3.96. The number of allylic oxidation sites excluding steroid dienone is 1. The molecule has 0 saturated heterocycles. The van der Waals surface area contributed by atoms with Gasteiger partial charge < -0.3 is 0 Å². The molecule has 4 nitrogen and oxygen atoms in total. The average Bonchev–Trinajstić information content (AvgIpc) is 2.31. The maximum atomic E-state index is 11.5. The van der Waals surface area contributed by atoms with Crippen molar-refractivity contribution >= 4 is 5.78 Å². The Kier molecular flexibility index (Phi) is 3.38. The van der Waals surface area contributed by atoms with Crippen LogP contribution < -0.4 is 0 Å². The third kappa shape index (κ3) is 2.19. The zero-order valence-corrected chi connectivity index (χ0v) is 8.31. The zero-order chi connectivity index (χ0) is 10.7. The largest absolute Gasteiger partial charge is 0.299 e. The van der Waals surface area contributed by atoms with E-state index in [1.165, 1.54) is 0 Å². The number of ketones is 1. The minimum Gasteiger partial charge on any atom is -0.299 e. The summed E-state index contributed by atoms with van der Waals surface area (Å²) in [5.41, 5.74) is 0. The van der Waals surface area contributed by atoms with E-state index in [0.29, 0.717) is 12.8 Å². The summed E-state index contributed by atoms with van der Waals surface area (Å²) in [5, 5.41) is 10.4. The molecule has 78 valence electrons. The third-order valence-electron chi connectivity index (χ3n) is 2.96. The van der Waals surface area contributed by atoms with Crippen LogP contribution in [-0.2, 0) is 4.79 Å². The Morgan fingerprint density at radius 2 is 2.36 bits per heavy atom. The first-order valence-corrected chi connectivity index (χ1v) is 4.81. The van der Waals surface area contributed by atoms with E-state index >= 15 is 0 Å². The molecule has 0 bridgehead atoms. The molecule has 0 heterocycles. The number of hydrogen-bond donors (Lipinski definition) is 0. The van der Waals surface area contributed by atoms with E-state index in [2.05, 4.69) is 6.58 Å². The molecule has 3 unspecified atom stereocenters. The van der Waals surface area contributed by atoms with E-state index in [1.807, 2.05) is 6.92 Å². The second kappa shape index (κ2) is 4.35. The topological polar surface area (TPSA) is 60.2 Å². The van der Waals surface area contributed by atoms with Gasteiger partial charge in [-0.1, -0.05) is 13.0 Å². The van der Waals surface area contributed by atoms with Gasteiger partial charge >= 0.3 is 0 Å². The van der Waals surface area contributed by atoms with Crippen LogP contribution in [0.25, 0.3) is 0 Å². The van der Waals surface area contributed by atoms with Crippen LogP contribution in [0.5, 0.6) is 0 Å². The minimum atomic E-state index is -0.324. The van der Waals surface area contributed by atoms with Gasteiger partial charge in [-0.15, -0.1) is 6.58 Å². The first-order chi connectivity index (χ1) is 6.56. The molecule has 0 aromatic carbocycles. The van der Waals surface area contributed by atoms with Gasteiger partial charge in [-0.25, -0.2) is 0 Å². The summed E-state index contributed by atoms with van der Waals surface area (Å²) in [7, 11) is 0. The zero-order valence-electron chi connectivity index (χ0n) is 8.31. The van der Waals surface area contributed by atoms with Crippen molar-refractivity contribution in [2.75, 3.05) is 6.54 Å². The minimum absolute atomic E-state index is 0.0919. The SMILES string of the molecule is C=CCC1C(=O)CC(C)C1C[N+](=O)[O-]. The van der Waals surface area contributed by atoms with Crippen LogP contribution in [0.4, 0.5) is 0 Å². The van der Waals surface area contributed by atoms with Crippen molar-refractivity contribution < 1.29 is 9.72 Å². The molecule has 0 radical (unpaired) electrons. The number of rotatable bonds is 4. The highest BCUT2D eigenvalue weighted by Gasteiger charge is 2.41. The lowest BCUT2D eigenvalue weighted by Gasteiger charge is -2.15. The van der Waals surface area contributed by atoms with Crippen molar-refractivity contribution in [1.29, 1.82) is 0 Å². The number of Topliss-reactive ketones (excluding diaryl/α,β-unsaturated/α-hetero) is 1. The van der Waals surface area contributed by atoms with Gasteiger partial charge in [0.2, 0.25) is 6.54 Å². The van der Waals surface area contributed by atoms with Crippen molar-refractivity contribution in [3.05, 3.63) is 22.8 Å². The Morgan fingerprint density at radius 3 is 2.86 bits per heavy atom. The van der Waals surface area contributed by atoms with Gasteiger partial charge in [-0.3, -0.25) is 14.9 Å². The summed E-state index contributed by atoms with van der Waals surface area (Å²) in [5.74, 6) is 0.0190. The maximum Gasteiger partial charge on any atom is 0.207 e. The fraction of sp³-hybridized carbons (Fsp3) is 0.700. The van der Waals surface area contributed by atoms with Crippen molar-refractivity contribution in [1.82, 2.24) is 0 Å². The Labute approximate surface area is 83.1 Å². The molecular weight excluding hydrogens is 182 g/mol. The van der Waals surface area contributed by atoms with E-state index in [0.717, 1.165) is 0 Å². The molecule has 1 aliphatic carbocycles. The van der Waals surface area contributed by atoms with E-state index < -0.39 is 0 Å². The number of hydrogen-bond acceptors (Lipinski definition) is 3. The molecule has 1 fully saturated rings. The summed E-state index contributed by atoms with van der Waals surface area (Å²) >= 11 is 0. The van der Waals surface area contributed by atoms with Crippen LogP contribution in [0, 0.1) is 27.9 Å². The normalized spacial score (nSPS) is 31.8. The maximum absolute atomic E-state index is 11.5. The highest BCUT2D eigenvalue weighted by atomic mass is 16.6. The Bertz CT molecular complexity index is 262. The molecule has 1 rings (SSSR count). The van der Waals surface area contributed by atoms with Crippen LogP contribution in [0.15, 0.2) is 12.7 Å². The molecule has 1 aliphatic rings. The van der Waals surface area contributed by atoms with Crippen molar-refractivity contribution in [2.24, 2.45) is 17.8 Å². The summed E-state index contributed by atoms with van der Waals surface area (Å²) in [4.78, 5) is 21.6. The average molecular weight is 197 g/mol. The highest BCUT2D eigenvalue weighted by molar-refractivity contribution is 5.84. The summed E-state index contributed by atoms with van der Waals surface area (Å²) in [6.07, 6.45) is 2.73. The Balaban J connectivity index is 2.72. The molecule has 0 spiro atoms. The van der Waals surface area contributed by atoms with Gasteiger partial charge in [0, 0.05) is 23.2 Å². The first-order valence-electron chi connectivity index (χ1n) is 4.81. The van der Waals surface area contributed by atoms with Gasteiger partial charge in [0.15, 0.2) is 0 Å². The lowest BCUT2D eigenvalue weighted by Crippen LogP contribution is -2.24. The predicted molar refractivity (Wildman–Crippen MR) is 52.4 cm³/mol. The molecule has 0 N–H and O–H groups in total. The predicted octanol–water partition coefficient (Wildman–Crippen LogP) is 1.68. The monoisotopic (exact) mass is 197 g/mol. The molecule has 0 amide bonds. The fourth-order valence-corrected chi connectivity index (χ4v) is 2.22. The van der Waals surface area contributed by atoms with E-state index in [-0.39, 0.29) is 35.0 Å². The van der Waals surface area contributed by atoms with Gasteiger partial charge in [-0.2, -0.15) is 0 Å². The number of carbonyl (C=O) groups excluding carboxylic acids is 1. The highest BCUT2D eigenvalue weighted by Crippen LogP contribution is 2.36. The molecular formula is C10H15NO3. The number of nitro groups is 1. The van der Waals surface area contributed by atoms with Crippen LogP contribution in [0.2, 0.25) is 0 Å². The van der Waals surface area contributed by atoms with Crippen LogP contribution in [-0.4, -0.2) is 17.3 Å². The van der Waals surface area contributed by atoms with Gasteiger partial charge in [0.1, 0.15) is 5.78 Å². The first kappa shape index (κ1) is 10.9. The standard InChI is InChI=1S/C10H15NO3/c1-3-4-8-9(6-11(13)14)7(2)5-10(8)12/h3,7-9H,1,4-6H2,2H3. The molecule has 14 heavy (non-hydrogen) atoms. The van der Waals surface area contributed by atoms with Crippen molar-refractivity contribution in [3.63, 3.8) is 0 Å². The number of nitrogens with zero attached hydrogens (tertiary/aromatic N) is 1. The molecule has 4 heteroatoms. The van der Waals surface area contributed by atoms with E-state index in [4.69, 9.17) is 0 Å². The molecule has 0 aromatic heterocycles. The van der Waals surface area contributed by atoms with Crippen molar-refractivity contribution in [2.45, 2.75) is 19.8 Å². The van der Waals surface area contributed by atoms with Gasteiger partial charge in [0.05, 0.1) is 0 Å². The summed E-state index contributed by atoms with van der Waals surface area (Å²) < 4.78 is 0. The Hall–Kier alpha value is -1.19. The van der Waals surface area contributed by atoms with Crippen LogP contribution in [0.1, 0.15) is 19.8 Å². The summed E-state index contributed by atoms with van der Waals surface area (Å²) in [6.45, 7) is 5.40. The molecule has 1 saturated carbocycles. The molecule has 0 aliphatic heterocycles. The fourth-order valence-electron chi connectivity index (χ4n) is 2.22. The Morgan fingerprint density at radius 1 is 1.71 bits per heavy atom. The van der Waals surface area contributed by atoms with Gasteiger partial charge in [0.25, 0.3) is 0 Å². The van der Waals surface area contributed by atoms with Gasteiger partial charge in [-0.05, 0) is 12.3 Å². The smallest absolute Gasteiger partial charge is 0.207 e. The summed E-state index contributed by atoms with van der Waals surface area (Å²) in [6, 6.07) is 0. The third-order valence-corrected chi connectivity index (χ3v) is 2.96. The number of carbonyl (C=O) groups is 1. The van der Waals surface area contributed by atoms with Crippen LogP contribution >= 0.6 is 0 Å². The van der Waals surface area contributed by atoms with Crippen molar-refractivity contribution in [3.8, 4) is 0 Å². The van der Waals surface area contributed by atoms with E-state index in [9.17, 15) is 14.9 Å². The van der Waals surface area contributed by atoms with Crippen LogP contribution in [0.3, 0.4) is 0 Å². The quantitative estimate of drug-likeness (QED) is 0.391. The van der Waals surface area contributed by atoms with E-state index in [1.54, 1.807) is 6.08 Å².